The van der Waals surface area contributed by atoms with Crippen LogP contribution in [-0.2, 0) is 6.54 Å². The summed E-state index contributed by atoms with van der Waals surface area (Å²) in [4.78, 5) is 22.1. The Morgan fingerprint density at radius 1 is 1.18 bits per heavy atom. The second-order valence-corrected chi connectivity index (χ2v) is 3.69. The topological polar surface area (TPSA) is 59.3 Å². The Morgan fingerprint density at radius 3 is 2.53 bits per heavy atom. The van der Waals surface area contributed by atoms with E-state index in [9.17, 15) is 9.59 Å². The van der Waals surface area contributed by atoms with E-state index in [1.165, 1.54) is 12.3 Å². The van der Waals surface area contributed by atoms with Crippen LogP contribution >= 0.6 is 0 Å². The second kappa shape index (κ2) is 4.65. The van der Waals surface area contributed by atoms with Crippen molar-refractivity contribution in [3.63, 3.8) is 0 Å². The maximum Gasteiger partial charge on any atom is 0.341 e. The van der Waals surface area contributed by atoms with Crippen LogP contribution in [0.5, 0.6) is 0 Å². The average Bonchev–Trinajstić information content (AvgIpc) is 2.32. The van der Waals surface area contributed by atoms with Crippen molar-refractivity contribution in [1.29, 1.82) is 0 Å². The van der Waals surface area contributed by atoms with Gasteiger partial charge in [-0.15, -0.1) is 0 Å². The molecule has 0 aliphatic heterocycles. The Kier molecular flexibility index (Phi) is 3.05. The van der Waals surface area contributed by atoms with Crippen molar-refractivity contribution in [3.8, 4) is 0 Å². The molecule has 0 aliphatic carbocycles. The van der Waals surface area contributed by atoms with E-state index < -0.39 is 11.4 Å². The molecule has 0 unspecified atom stereocenters. The van der Waals surface area contributed by atoms with Gasteiger partial charge in [0.15, 0.2) is 5.43 Å². The fourth-order valence-electron chi connectivity index (χ4n) is 1.58. The van der Waals surface area contributed by atoms with Crippen molar-refractivity contribution >= 4 is 5.97 Å². The number of hydrogen-bond donors (Lipinski definition) is 1. The van der Waals surface area contributed by atoms with Gasteiger partial charge in [-0.1, -0.05) is 30.3 Å². The first-order valence-corrected chi connectivity index (χ1v) is 5.14. The fraction of sp³-hybridized carbons (Fsp3) is 0.0769. The Balaban J connectivity index is 2.32. The molecule has 0 radical (unpaired) electrons. The van der Waals surface area contributed by atoms with Crippen LogP contribution < -0.4 is 5.43 Å². The Hall–Kier alpha value is -2.36. The highest BCUT2D eigenvalue weighted by molar-refractivity contribution is 5.86. The first kappa shape index (κ1) is 11.1. The normalized spacial score (nSPS) is 10.1. The van der Waals surface area contributed by atoms with Gasteiger partial charge < -0.3 is 9.67 Å². The number of hydrogen-bond acceptors (Lipinski definition) is 2. The molecule has 1 aromatic carbocycles. The third kappa shape index (κ3) is 2.60. The van der Waals surface area contributed by atoms with Crippen LogP contribution in [0.25, 0.3) is 0 Å². The van der Waals surface area contributed by atoms with Gasteiger partial charge in [-0.05, 0) is 5.56 Å². The Morgan fingerprint density at radius 2 is 1.88 bits per heavy atom. The van der Waals surface area contributed by atoms with Crippen LogP contribution in [-0.4, -0.2) is 15.6 Å². The van der Waals surface area contributed by atoms with Gasteiger partial charge in [0.1, 0.15) is 5.56 Å². The lowest BCUT2D eigenvalue weighted by molar-refractivity contribution is 0.0694. The molecular weight excluding hydrogens is 218 g/mol. The summed E-state index contributed by atoms with van der Waals surface area (Å²) in [5, 5.41) is 8.84. The molecule has 0 saturated heterocycles. The number of carboxylic acids is 1. The quantitative estimate of drug-likeness (QED) is 0.869. The molecule has 1 N–H and O–H groups in total. The highest BCUT2D eigenvalue weighted by atomic mass is 16.4. The van der Waals surface area contributed by atoms with Crippen LogP contribution in [0.3, 0.4) is 0 Å². The molecule has 1 heterocycles. The largest absolute Gasteiger partial charge is 0.477 e. The number of pyridine rings is 1. The summed E-state index contributed by atoms with van der Waals surface area (Å²) < 4.78 is 1.68. The minimum atomic E-state index is -1.20. The maximum absolute atomic E-state index is 11.3. The number of nitrogens with zero attached hydrogens (tertiary/aromatic N) is 1. The van der Waals surface area contributed by atoms with Gasteiger partial charge in [-0.25, -0.2) is 4.79 Å². The molecule has 86 valence electrons. The fourth-order valence-corrected chi connectivity index (χ4v) is 1.58. The zero-order chi connectivity index (χ0) is 12.3. The minimum absolute atomic E-state index is 0.205. The summed E-state index contributed by atoms with van der Waals surface area (Å²) in [7, 11) is 0. The first-order chi connectivity index (χ1) is 8.16. The van der Waals surface area contributed by atoms with Crippen molar-refractivity contribution in [2.75, 3.05) is 0 Å². The summed E-state index contributed by atoms with van der Waals surface area (Å²) >= 11 is 0. The molecule has 2 aromatic rings. The number of aromatic nitrogens is 1. The smallest absolute Gasteiger partial charge is 0.341 e. The predicted molar refractivity (Wildman–Crippen MR) is 63.2 cm³/mol. The van der Waals surface area contributed by atoms with Crippen molar-refractivity contribution in [2.45, 2.75) is 6.54 Å². The standard InChI is InChI=1S/C13H11NO3/c15-12-6-7-14(9-11(12)13(16)17)8-10-4-2-1-3-5-10/h1-7,9H,8H2,(H,16,17). The van der Waals surface area contributed by atoms with E-state index in [2.05, 4.69) is 0 Å². The van der Waals surface area contributed by atoms with Crippen molar-refractivity contribution in [3.05, 3.63) is 70.1 Å². The van der Waals surface area contributed by atoms with E-state index in [1.54, 1.807) is 10.8 Å². The van der Waals surface area contributed by atoms with E-state index in [4.69, 9.17) is 5.11 Å². The Labute approximate surface area is 97.8 Å². The van der Waals surface area contributed by atoms with E-state index in [0.29, 0.717) is 6.54 Å². The molecule has 0 amide bonds. The van der Waals surface area contributed by atoms with E-state index in [-0.39, 0.29) is 5.56 Å². The molecule has 0 bridgehead atoms. The lowest BCUT2D eigenvalue weighted by Crippen LogP contribution is -2.16. The van der Waals surface area contributed by atoms with E-state index in [0.717, 1.165) is 5.56 Å². The molecule has 0 saturated carbocycles. The molecule has 17 heavy (non-hydrogen) atoms. The van der Waals surface area contributed by atoms with Gasteiger partial charge in [0.05, 0.1) is 0 Å². The lowest BCUT2D eigenvalue weighted by atomic mass is 10.2. The number of carbonyl (C=O) groups is 1. The van der Waals surface area contributed by atoms with Gasteiger partial charge in [0.25, 0.3) is 0 Å². The molecule has 1 aromatic heterocycles. The van der Waals surface area contributed by atoms with Crippen molar-refractivity contribution in [1.82, 2.24) is 4.57 Å². The van der Waals surface area contributed by atoms with Crippen LogP contribution in [0, 0.1) is 0 Å². The number of benzene rings is 1. The second-order valence-electron chi connectivity index (χ2n) is 3.69. The van der Waals surface area contributed by atoms with Gasteiger partial charge in [0.2, 0.25) is 0 Å². The maximum atomic E-state index is 11.3. The zero-order valence-corrected chi connectivity index (χ0v) is 9.04. The molecule has 2 rings (SSSR count). The van der Waals surface area contributed by atoms with Crippen LogP contribution in [0.2, 0.25) is 0 Å². The number of aromatic carboxylic acids is 1. The summed E-state index contributed by atoms with van der Waals surface area (Å²) in [6.45, 7) is 0.543. The molecule has 0 fully saturated rings. The summed E-state index contributed by atoms with van der Waals surface area (Å²) in [5.41, 5.74) is 0.373. The lowest BCUT2D eigenvalue weighted by Gasteiger charge is -2.06. The first-order valence-electron chi connectivity index (χ1n) is 5.14. The Bertz CT molecular complexity index is 587. The van der Waals surface area contributed by atoms with Gasteiger partial charge in [-0.2, -0.15) is 0 Å². The highest BCUT2D eigenvalue weighted by Gasteiger charge is 2.08. The van der Waals surface area contributed by atoms with Gasteiger partial charge in [-0.3, -0.25) is 4.79 Å². The summed E-state index contributed by atoms with van der Waals surface area (Å²) in [6, 6.07) is 10.9. The third-order valence-corrected chi connectivity index (χ3v) is 2.42. The zero-order valence-electron chi connectivity index (χ0n) is 9.04. The minimum Gasteiger partial charge on any atom is -0.477 e. The summed E-state index contributed by atoms with van der Waals surface area (Å²) in [5.74, 6) is -1.20. The molecule has 0 aliphatic rings. The van der Waals surface area contributed by atoms with Crippen molar-refractivity contribution in [2.24, 2.45) is 0 Å². The summed E-state index contributed by atoms with van der Waals surface area (Å²) in [6.07, 6.45) is 2.94. The van der Waals surface area contributed by atoms with Crippen molar-refractivity contribution < 1.29 is 9.90 Å². The SMILES string of the molecule is O=C(O)c1cn(Cc2ccccc2)ccc1=O. The van der Waals surface area contributed by atoms with E-state index >= 15 is 0 Å². The molecule has 4 heteroatoms. The molecule has 4 nitrogen and oxygen atoms in total. The highest BCUT2D eigenvalue weighted by Crippen LogP contribution is 2.02. The predicted octanol–water partition coefficient (Wildman–Crippen LogP) is 1.59. The number of carboxylic acid groups (broad SMARTS) is 1. The average molecular weight is 229 g/mol. The van der Waals surface area contributed by atoms with Crippen LogP contribution in [0.1, 0.15) is 15.9 Å². The number of rotatable bonds is 3. The molecular formula is C13H11NO3. The van der Waals surface area contributed by atoms with Gasteiger partial charge >= 0.3 is 5.97 Å². The third-order valence-electron chi connectivity index (χ3n) is 2.42. The van der Waals surface area contributed by atoms with Gasteiger partial charge in [0, 0.05) is 25.0 Å². The monoisotopic (exact) mass is 229 g/mol. The van der Waals surface area contributed by atoms with E-state index in [1.807, 2.05) is 30.3 Å². The molecule has 0 atom stereocenters. The molecule has 0 spiro atoms. The van der Waals surface area contributed by atoms with Crippen LogP contribution in [0.4, 0.5) is 0 Å². The van der Waals surface area contributed by atoms with Crippen LogP contribution in [0.15, 0.2) is 53.6 Å².